The fraction of sp³-hybridized carbons (Fsp3) is 0.120. The second-order valence-corrected chi connectivity index (χ2v) is 7.70. The van der Waals surface area contributed by atoms with E-state index in [1.807, 2.05) is 37.3 Å². The van der Waals surface area contributed by atoms with Gasteiger partial charge in [0.05, 0.1) is 17.2 Å². The number of carbonyl (C=O) groups excluding carboxylic acids is 1. The number of anilines is 1. The second kappa shape index (κ2) is 10.7. The number of halogens is 2. The van der Waals surface area contributed by atoms with Crippen LogP contribution in [0.5, 0.6) is 11.5 Å². The number of hydrogen-bond donors (Lipinski definition) is 1. The average molecular weight is 467 g/mol. The van der Waals surface area contributed by atoms with Crippen LogP contribution in [0.3, 0.4) is 0 Å². The van der Waals surface area contributed by atoms with Gasteiger partial charge in [-0.2, -0.15) is 5.26 Å². The quantitative estimate of drug-likeness (QED) is 0.321. The third kappa shape index (κ3) is 5.82. The minimum Gasteiger partial charge on any atom is -0.493 e. The number of nitrogens with one attached hydrogen (secondary N) is 1. The van der Waals surface area contributed by atoms with Crippen LogP contribution in [0.2, 0.25) is 10.0 Å². The molecule has 162 valence electrons. The lowest BCUT2D eigenvalue weighted by atomic mass is 10.1. The fourth-order valence-electron chi connectivity index (χ4n) is 2.90. The number of hydrogen-bond acceptors (Lipinski definition) is 4. The van der Waals surface area contributed by atoms with Crippen molar-refractivity contribution in [1.82, 2.24) is 0 Å². The Bertz CT molecular complexity index is 1220. The molecule has 1 amide bonds. The van der Waals surface area contributed by atoms with Gasteiger partial charge in [0.2, 0.25) is 0 Å². The van der Waals surface area contributed by atoms with Crippen molar-refractivity contribution in [3.05, 3.63) is 93.0 Å². The number of nitriles is 1. The lowest BCUT2D eigenvalue weighted by molar-refractivity contribution is -0.112. The minimum atomic E-state index is -0.485. The van der Waals surface area contributed by atoms with E-state index in [9.17, 15) is 10.1 Å². The summed E-state index contributed by atoms with van der Waals surface area (Å²) in [5.41, 5.74) is 3.01. The SMILES string of the molecule is COc1cc(/C=C(/C#N)C(=O)Nc2ccccc2C)ccc1OCc1ccc(Cl)c(Cl)c1. The summed E-state index contributed by atoms with van der Waals surface area (Å²) in [6, 6.07) is 19.7. The number of aryl methyl sites for hydroxylation is 1. The number of amides is 1. The molecule has 0 aliphatic heterocycles. The number of benzene rings is 3. The molecule has 0 unspecified atom stereocenters. The van der Waals surface area contributed by atoms with E-state index in [4.69, 9.17) is 32.7 Å². The van der Waals surface area contributed by atoms with Gasteiger partial charge in [-0.1, -0.05) is 53.5 Å². The Labute approximate surface area is 196 Å². The fourth-order valence-corrected chi connectivity index (χ4v) is 3.22. The van der Waals surface area contributed by atoms with Gasteiger partial charge in [0, 0.05) is 5.69 Å². The first-order chi connectivity index (χ1) is 15.4. The van der Waals surface area contributed by atoms with E-state index in [-0.39, 0.29) is 12.2 Å². The molecule has 0 saturated carbocycles. The zero-order valence-electron chi connectivity index (χ0n) is 17.5. The summed E-state index contributed by atoms with van der Waals surface area (Å²) in [6.07, 6.45) is 1.50. The topological polar surface area (TPSA) is 71.3 Å². The molecule has 1 N–H and O–H groups in total. The maximum atomic E-state index is 12.6. The number of carbonyl (C=O) groups is 1. The molecule has 0 radical (unpaired) electrons. The Hall–Kier alpha value is -3.46. The molecule has 3 aromatic carbocycles. The van der Waals surface area contributed by atoms with Gasteiger partial charge in [-0.15, -0.1) is 0 Å². The van der Waals surface area contributed by atoms with Crippen LogP contribution in [0, 0.1) is 18.3 Å². The van der Waals surface area contributed by atoms with Crippen molar-refractivity contribution in [3.63, 3.8) is 0 Å². The molecule has 0 aliphatic carbocycles. The first-order valence-electron chi connectivity index (χ1n) is 9.65. The third-order valence-corrected chi connectivity index (χ3v) is 5.37. The summed E-state index contributed by atoms with van der Waals surface area (Å²) in [4.78, 5) is 12.6. The third-order valence-electron chi connectivity index (χ3n) is 4.64. The summed E-state index contributed by atoms with van der Waals surface area (Å²) in [5, 5.41) is 13.2. The number of nitrogens with zero attached hydrogens (tertiary/aromatic N) is 1. The summed E-state index contributed by atoms with van der Waals surface area (Å²) in [5.74, 6) is 0.495. The maximum absolute atomic E-state index is 12.6. The van der Waals surface area contributed by atoms with Gasteiger partial charge in [-0.25, -0.2) is 0 Å². The minimum absolute atomic E-state index is 0.0280. The average Bonchev–Trinajstić information content (AvgIpc) is 2.80. The van der Waals surface area contributed by atoms with Gasteiger partial charge < -0.3 is 14.8 Å². The van der Waals surface area contributed by atoms with E-state index < -0.39 is 5.91 Å². The van der Waals surface area contributed by atoms with Crippen molar-refractivity contribution in [1.29, 1.82) is 5.26 Å². The predicted octanol–water partition coefficient (Wildman–Crippen LogP) is 6.44. The molecule has 7 heteroatoms. The Morgan fingerprint density at radius 1 is 1.06 bits per heavy atom. The molecule has 3 rings (SSSR count). The molecule has 0 aromatic heterocycles. The number of ether oxygens (including phenoxy) is 2. The van der Waals surface area contributed by atoms with E-state index in [1.54, 1.807) is 36.4 Å². The zero-order chi connectivity index (χ0) is 23.1. The van der Waals surface area contributed by atoms with Crippen LogP contribution in [-0.4, -0.2) is 13.0 Å². The molecule has 3 aromatic rings. The molecule has 0 heterocycles. The van der Waals surface area contributed by atoms with Gasteiger partial charge in [0.15, 0.2) is 11.5 Å². The molecule has 0 atom stereocenters. The van der Waals surface area contributed by atoms with Crippen molar-refractivity contribution in [2.24, 2.45) is 0 Å². The summed E-state index contributed by atoms with van der Waals surface area (Å²) < 4.78 is 11.3. The standard InChI is InChI=1S/C25H20Cl2N2O3/c1-16-5-3-4-6-22(16)29-25(30)19(14-28)11-17-8-10-23(24(13-17)31-2)32-15-18-7-9-20(26)21(27)12-18/h3-13H,15H2,1-2H3,(H,29,30)/b19-11-. The molecular weight excluding hydrogens is 447 g/mol. The van der Waals surface area contributed by atoms with Crippen LogP contribution in [0.15, 0.2) is 66.2 Å². The highest BCUT2D eigenvalue weighted by atomic mass is 35.5. The van der Waals surface area contributed by atoms with Crippen LogP contribution in [0.4, 0.5) is 5.69 Å². The first-order valence-corrected chi connectivity index (χ1v) is 10.4. The largest absolute Gasteiger partial charge is 0.493 e. The summed E-state index contributed by atoms with van der Waals surface area (Å²) in [7, 11) is 1.52. The van der Waals surface area contributed by atoms with E-state index in [2.05, 4.69) is 5.32 Å². The van der Waals surface area contributed by atoms with Gasteiger partial charge in [-0.05, 0) is 60.0 Å². The van der Waals surface area contributed by atoms with Crippen LogP contribution in [0.1, 0.15) is 16.7 Å². The van der Waals surface area contributed by atoms with Gasteiger partial charge >= 0.3 is 0 Å². The summed E-state index contributed by atoms with van der Waals surface area (Å²) >= 11 is 12.0. The van der Waals surface area contributed by atoms with E-state index in [1.165, 1.54) is 13.2 Å². The van der Waals surface area contributed by atoms with Crippen LogP contribution in [-0.2, 0) is 11.4 Å². The lowest BCUT2D eigenvalue weighted by Gasteiger charge is -2.12. The van der Waals surface area contributed by atoms with Gasteiger partial charge in [-0.3, -0.25) is 4.79 Å². The van der Waals surface area contributed by atoms with Crippen LogP contribution in [0.25, 0.3) is 6.08 Å². The highest BCUT2D eigenvalue weighted by Gasteiger charge is 2.12. The number of para-hydroxylation sites is 1. The molecular formula is C25H20Cl2N2O3. The Balaban J connectivity index is 1.76. The Kier molecular flexibility index (Phi) is 7.77. The molecule has 0 saturated heterocycles. The van der Waals surface area contributed by atoms with Crippen molar-refractivity contribution in [3.8, 4) is 17.6 Å². The zero-order valence-corrected chi connectivity index (χ0v) is 19.0. The molecule has 5 nitrogen and oxygen atoms in total. The highest BCUT2D eigenvalue weighted by Crippen LogP contribution is 2.30. The highest BCUT2D eigenvalue weighted by molar-refractivity contribution is 6.42. The second-order valence-electron chi connectivity index (χ2n) is 6.89. The van der Waals surface area contributed by atoms with Gasteiger partial charge in [0.25, 0.3) is 5.91 Å². The van der Waals surface area contributed by atoms with Gasteiger partial charge in [0.1, 0.15) is 18.2 Å². The van der Waals surface area contributed by atoms with Crippen LogP contribution < -0.4 is 14.8 Å². The van der Waals surface area contributed by atoms with Crippen molar-refractivity contribution >= 4 is 40.9 Å². The smallest absolute Gasteiger partial charge is 0.266 e. The summed E-state index contributed by atoms with van der Waals surface area (Å²) in [6.45, 7) is 2.15. The molecule has 32 heavy (non-hydrogen) atoms. The van der Waals surface area contributed by atoms with Crippen molar-refractivity contribution < 1.29 is 14.3 Å². The first kappa shape index (κ1) is 23.2. The molecule has 0 fully saturated rings. The van der Waals surface area contributed by atoms with Crippen molar-refractivity contribution in [2.45, 2.75) is 13.5 Å². The monoisotopic (exact) mass is 466 g/mol. The van der Waals surface area contributed by atoms with E-state index in [0.29, 0.717) is 32.8 Å². The normalized spacial score (nSPS) is 10.9. The maximum Gasteiger partial charge on any atom is 0.266 e. The van der Waals surface area contributed by atoms with E-state index in [0.717, 1.165) is 11.1 Å². The predicted molar refractivity (Wildman–Crippen MR) is 127 cm³/mol. The number of methoxy groups -OCH3 is 1. The number of rotatable bonds is 7. The lowest BCUT2D eigenvalue weighted by Crippen LogP contribution is -2.14. The Morgan fingerprint density at radius 2 is 1.84 bits per heavy atom. The molecule has 0 bridgehead atoms. The van der Waals surface area contributed by atoms with E-state index >= 15 is 0 Å². The Morgan fingerprint density at radius 3 is 2.53 bits per heavy atom. The molecule has 0 spiro atoms. The van der Waals surface area contributed by atoms with Crippen LogP contribution >= 0.6 is 23.2 Å². The molecule has 0 aliphatic rings. The van der Waals surface area contributed by atoms with Crippen molar-refractivity contribution in [2.75, 3.05) is 12.4 Å².